The van der Waals surface area contributed by atoms with E-state index in [1.807, 2.05) is 52.7 Å². The molecule has 7 heteroatoms. The van der Waals surface area contributed by atoms with Crippen LogP contribution in [0.25, 0.3) is 16.8 Å². The number of methoxy groups -OCH3 is 1. The maximum absolute atomic E-state index is 13.7. The van der Waals surface area contributed by atoms with Crippen LogP contribution in [-0.2, 0) is 6.42 Å². The number of aromatic nitrogens is 3. The lowest BCUT2D eigenvalue weighted by Gasteiger charge is -2.36. The molecule has 1 saturated heterocycles. The van der Waals surface area contributed by atoms with Gasteiger partial charge in [0.05, 0.1) is 29.7 Å². The third-order valence-electron chi connectivity index (χ3n) is 6.69. The number of piperazine rings is 1. The van der Waals surface area contributed by atoms with Crippen LogP contribution < -0.4 is 9.64 Å². The molecule has 0 unspecified atom stereocenters. The van der Waals surface area contributed by atoms with Gasteiger partial charge in [-0.15, -0.1) is 0 Å². The number of nitrogens with zero attached hydrogens (tertiary/aromatic N) is 5. The van der Waals surface area contributed by atoms with Crippen molar-refractivity contribution in [3.63, 3.8) is 0 Å². The fraction of sp³-hybridized carbons (Fsp3) is 0.321. The van der Waals surface area contributed by atoms with Gasteiger partial charge in [0.1, 0.15) is 5.75 Å². The van der Waals surface area contributed by atoms with Crippen molar-refractivity contribution in [3.05, 3.63) is 77.7 Å². The lowest BCUT2D eigenvalue weighted by molar-refractivity contribution is 0.0744. The van der Waals surface area contributed by atoms with Crippen molar-refractivity contribution in [2.75, 3.05) is 38.2 Å². The van der Waals surface area contributed by atoms with E-state index in [-0.39, 0.29) is 5.91 Å². The van der Waals surface area contributed by atoms with Crippen molar-refractivity contribution in [1.29, 1.82) is 0 Å². The molecule has 0 spiro atoms. The fourth-order valence-electron chi connectivity index (χ4n) is 4.95. The van der Waals surface area contributed by atoms with Gasteiger partial charge in [0.15, 0.2) is 5.65 Å². The SMILES string of the molecule is CCCc1c(C(=O)N2CCN(c3ccccc3OC)CC2)cnc2c(-c3ccccc3)c(C)nn12. The molecule has 0 saturated carbocycles. The molecule has 35 heavy (non-hydrogen) atoms. The monoisotopic (exact) mass is 469 g/mol. The van der Waals surface area contributed by atoms with Crippen molar-refractivity contribution >= 4 is 17.2 Å². The minimum absolute atomic E-state index is 0.0249. The van der Waals surface area contributed by atoms with Gasteiger partial charge >= 0.3 is 0 Å². The number of fused-ring (bicyclic) bond motifs is 1. The molecule has 180 valence electrons. The highest BCUT2D eigenvalue weighted by Crippen LogP contribution is 2.30. The van der Waals surface area contributed by atoms with Gasteiger partial charge < -0.3 is 14.5 Å². The Hall–Kier alpha value is -3.87. The van der Waals surface area contributed by atoms with Crippen LogP contribution in [-0.4, -0.2) is 58.7 Å². The normalized spacial score (nSPS) is 13.9. The van der Waals surface area contributed by atoms with Crippen molar-refractivity contribution in [1.82, 2.24) is 19.5 Å². The number of ether oxygens (including phenoxy) is 1. The van der Waals surface area contributed by atoms with Crippen LogP contribution in [0.4, 0.5) is 5.69 Å². The highest BCUT2D eigenvalue weighted by atomic mass is 16.5. The minimum atomic E-state index is 0.0249. The first-order valence-corrected chi connectivity index (χ1v) is 12.2. The molecule has 0 atom stereocenters. The second kappa shape index (κ2) is 9.78. The van der Waals surface area contributed by atoms with E-state index >= 15 is 0 Å². The molecule has 0 radical (unpaired) electrons. The number of hydrogen-bond donors (Lipinski definition) is 0. The molecule has 1 fully saturated rings. The molecule has 1 amide bonds. The average molecular weight is 470 g/mol. The van der Waals surface area contributed by atoms with Crippen LogP contribution >= 0.6 is 0 Å². The van der Waals surface area contributed by atoms with E-state index in [0.29, 0.717) is 18.7 Å². The molecular formula is C28H31N5O2. The maximum atomic E-state index is 13.7. The zero-order valence-corrected chi connectivity index (χ0v) is 20.6. The number of hydrogen-bond acceptors (Lipinski definition) is 5. The smallest absolute Gasteiger partial charge is 0.257 e. The van der Waals surface area contributed by atoms with Gasteiger partial charge in [0.2, 0.25) is 0 Å². The Morgan fingerprint density at radius 1 is 1.00 bits per heavy atom. The van der Waals surface area contributed by atoms with Gasteiger partial charge in [-0.1, -0.05) is 55.8 Å². The van der Waals surface area contributed by atoms with E-state index in [4.69, 9.17) is 14.8 Å². The Morgan fingerprint density at radius 3 is 2.43 bits per heavy atom. The summed E-state index contributed by atoms with van der Waals surface area (Å²) in [5, 5.41) is 4.83. The van der Waals surface area contributed by atoms with Gasteiger partial charge in [-0.2, -0.15) is 5.10 Å². The molecule has 0 bridgehead atoms. The molecule has 0 N–H and O–H groups in total. The van der Waals surface area contributed by atoms with Crippen LogP contribution in [0.5, 0.6) is 5.75 Å². The second-order valence-electron chi connectivity index (χ2n) is 8.88. The van der Waals surface area contributed by atoms with Gasteiger partial charge in [0, 0.05) is 37.9 Å². The molecule has 2 aromatic carbocycles. The molecule has 0 aliphatic carbocycles. The van der Waals surface area contributed by atoms with Crippen molar-refractivity contribution < 1.29 is 9.53 Å². The summed E-state index contributed by atoms with van der Waals surface area (Å²) in [5.41, 5.74) is 6.46. The third-order valence-corrected chi connectivity index (χ3v) is 6.69. The summed E-state index contributed by atoms with van der Waals surface area (Å²) in [6, 6.07) is 18.2. The van der Waals surface area contributed by atoms with E-state index in [0.717, 1.165) is 65.5 Å². The number of rotatable bonds is 6. The standard InChI is InChI=1S/C28H31N5O2/c1-4-10-23-22(19-29-27-26(20(2)30-33(23)27)21-11-6-5-7-12-21)28(34)32-17-15-31(16-18-32)24-13-8-9-14-25(24)35-3/h5-9,11-14,19H,4,10,15-18H2,1-3H3. The predicted octanol–water partition coefficient (Wildman–Crippen LogP) is 4.63. The van der Waals surface area contributed by atoms with E-state index in [9.17, 15) is 4.79 Å². The van der Waals surface area contributed by atoms with Crippen LogP contribution in [0.3, 0.4) is 0 Å². The minimum Gasteiger partial charge on any atom is -0.495 e. The van der Waals surface area contributed by atoms with Gasteiger partial charge in [-0.05, 0) is 31.0 Å². The van der Waals surface area contributed by atoms with Crippen molar-refractivity contribution in [3.8, 4) is 16.9 Å². The Bertz CT molecular complexity index is 1340. The summed E-state index contributed by atoms with van der Waals surface area (Å²) in [7, 11) is 1.69. The summed E-state index contributed by atoms with van der Waals surface area (Å²) in [6.07, 6.45) is 3.43. The second-order valence-corrected chi connectivity index (χ2v) is 8.88. The molecule has 1 aliphatic rings. The van der Waals surface area contributed by atoms with Crippen molar-refractivity contribution in [2.45, 2.75) is 26.7 Å². The summed E-state index contributed by atoms with van der Waals surface area (Å²) < 4.78 is 7.42. The van der Waals surface area contributed by atoms with Crippen LogP contribution in [0.1, 0.15) is 35.1 Å². The predicted molar refractivity (Wildman–Crippen MR) is 138 cm³/mol. The van der Waals surface area contributed by atoms with Crippen LogP contribution in [0.2, 0.25) is 0 Å². The number of anilines is 1. The first-order valence-electron chi connectivity index (χ1n) is 12.2. The van der Waals surface area contributed by atoms with Gasteiger partial charge in [-0.3, -0.25) is 4.79 Å². The van der Waals surface area contributed by atoms with E-state index in [1.54, 1.807) is 13.3 Å². The molecule has 5 rings (SSSR count). The lowest BCUT2D eigenvalue weighted by Crippen LogP contribution is -2.49. The van der Waals surface area contributed by atoms with Crippen LogP contribution in [0, 0.1) is 6.92 Å². The third kappa shape index (κ3) is 4.22. The summed E-state index contributed by atoms with van der Waals surface area (Å²) in [6.45, 7) is 6.93. The average Bonchev–Trinajstić information content (AvgIpc) is 3.25. The molecular weight excluding hydrogens is 438 g/mol. The number of amides is 1. The number of carbonyl (C=O) groups is 1. The quantitative estimate of drug-likeness (QED) is 0.412. The number of aryl methyl sites for hydroxylation is 2. The molecule has 1 aliphatic heterocycles. The summed E-state index contributed by atoms with van der Waals surface area (Å²) >= 11 is 0. The summed E-state index contributed by atoms with van der Waals surface area (Å²) in [4.78, 5) is 22.6. The number of carbonyl (C=O) groups excluding carboxylic acids is 1. The first-order chi connectivity index (χ1) is 17.1. The fourth-order valence-corrected chi connectivity index (χ4v) is 4.95. The topological polar surface area (TPSA) is 63.0 Å². The molecule has 3 heterocycles. The van der Waals surface area contributed by atoms with Gasteiger partial charge in [0.25, 0.3) is 5.91 Å². The maximum Gasteiger partial charge on any atom is 0.257 e. The Labute approximate surface area is 206 Å². The van der Waals surface area contributed by atoms with Crippen molar-refractivity contribution in [2.24, 2.45) is 0 Å². The highest BCUT2D eigenvalue weighted by Gasteiger charge is 2.27. The molecule has 7 nitrogen and oxygen atoms in total. The number of benzene rings is 2. The van der Waals surface area contributed by atoms with Crippen LogP contribution in [0.15, 0.2) is 60.8 Å². The Balaban J connectivity index is 1.44. The summed E-state index contributed by atoms with van der Waals surface area (Å²) in [5.74, 6) is 0.882. The first kappa shape index (κ1) is 22.9. The zero-order valence-electron chi connectivity index (χ0n) is 20.6. The van der Waals surface area contributed by atoms with E-state index in [1.165, 1.54) is 0 Å². The zero-order chi connectivity index (χ0) is 24.4. The Kier molecular flexibility index (Phi) is 6.40. The molecule has 4 aromatic rings. The molecule has 2 aromatic heterocycles. The lowest BCUT2D eigenvalue weighted by atomic mass is 10.1. The number of para-hydroxylation sites is 2. The largest absolute Gasteiger partial charge is 0.495 e. The van der Waals surface area contributed by atoms with E-state index < -0.39 is 0 Å². The van der Waals surface area contributed by atoms with Gasteiger partial charge in [-0.25, -0.2) is 9.50 Å². The Morgan fingerprint density at radius 2 is 1.71 bits per heavy atom. The highest BCUT2D eigenvalue weighted by molar-refractivity contribution is 5.96. The van der Waals surface area contributed by atoms with E-state index in [2.05, 4.69) is 30.0 Å².